The summed E-state index contributed by atoms with van der Waals surface area (Å²) < 4.78 is 5.10. The summed E-state index contributed by atoms with van der Waals surface area (Å²) in [6.07, 6.45) is 0. The van der Waals surface area contributed by atoms with Crippen LogP contribution in [-0.4, -0.2) is 14.1 Å². The van der Waals surface area contributed by atoms with Crippen molar-refractivity contribution in [2.75, 3.05) is 0 Å². The lowest BCUT2D eigenvalue weighted by Crippen LogP contribution is -2.32. The minimum atomic E-state index is -0.566. The zero-order valence-electron chi connectivity index (χ0n) is 53.9. The molecule has 2 aliphatic heterocycles. The Balaban J connectivity index is 0.756. The zero-order valence-corrected chi connectivity index (χ0v) is 55.5. The predicted molar refractivity (Wildman–Crippen MR) is 417 cm³/mol. The van der Waals surface area contributed by atoms with E-state index in [1.807, 2.05) is 23.5 Å². The third-order valence-corrected chi connectivity index (χ3v) is 25.0. The van der Waals surface area contributed by atoms with E-state index in [2.05, 4.69) is 343 Å². The molecule has 0 saturated heterocycles. The smallest absolute Gasteiger partial charge is 0.138 e. The Kier molecular flexibility index (Phi) is 11.2. The number of pyridine rings is 1. The maximum Gasteiger partial charge on any atom is 0.138 e. The molecule has 3 nitrogen and oxygen atoms in total. The standard InChI is InChI=1S/C95H55N3S2/c1-2-22-56(23-3-1)72-53-91(96-84-39-19-12-31-68(72)84)98-86-55-83-90(100-88-41-21-18-38-81(88)95(83)78-35-15-10-29-66(78)67-30-11-16-36-79(67)95)52-74(86)75-50-71(63-26-6-7-32-69(63)93(75)98)60-43-42-59-49-61(46-44-58(59)48-60)97-85-54-82-89(51-73(85)70-47-45-57-24-4-5-25-62(57)92(70)97)99-87-40-20-17-37-80(87)94(82)76-33-13-8-27-64(76)65-28-9-14-34-77(65)94/h1-55H. The summed E-state index contributed by atoms with van der Waals surface area (Å²) in [7, 11) is 0. The Bertz CT molecular complexity index is 6780. The van der Waals surface area contributed by atoms with Crippen molar-refractivity contribution in [1.82, 2.24) is 14.1 Å². The zero-order chi connectivity index (χ0) is 65.1. The van der Waals surface area contributed by atoms with Crippen molar-refractivity contribution in [2.45, 2.75) is 30.4 Å². The molecule has 0 fully saturated rings. The molecule has 100 heavy (non-hydrogen) atoms. The van der Waals surface area contributed by atoms with Crippen LogP contribution in [0.2, 0.25) is 0 Å². The van der Waals surface area contributed by atoms with Gasteiger partial charge < -0.3 is 4.57 Å². The van der Waals surface area contributed by atoms with Gasteiger partial charge in [0.2, 0.25) is 0 Å². The average molecular weight is 1300 g/mol. The molecule has 5 heteroatoms. The number of fused-ring (bicyclic) bond motifs is 30. The van der Waals surface area contributed by atoms with Gasteiger partial charge in [-0.25, -0.2) is 4.98 Å². The highest BCUT2D eigenvalue weighted by Crippen LogP contribution is 2.65. The summed E-state index contributed by atoms with van der Waals surface area (Å²) in [4.78, 5) is 10.9. The SMILES string of the molecule is c1ccc(-c2cc(-n3c4cc5c(cc4c4cc(-c6ccc7cc(-n8c9cc%10c(cc9c9ccc%11ccccc%11c98)Sc8ccccc8C%108c9ccccc9-c9ccccc98)ccc7c6)c6ccccc6c43)Sc3ccccc3C53c4ccccc4-c4ccccc43)nc3ccccc23)cc1. The van der Waals surface area contributed by atoms with Crippen molar-refractivity contribution in [2.24, 2.45) is 0 Å². The van der Waals surface area contributed by atoms with Gasteiger partial charge in [-0.3, -0.25) is 4.57 Å². The fraction of sp³-hybridized carbons (Fsp3) is 0.0211. The van der Waals surface area contributed by atoms with Crippen LogP contribution in [0.3, 0.4) is 0 Å². The molecule has 0 radical (unpaired) electrons. The van der Waals surface area contributed by atoms with Crippen LogP contribution in [0, 0.1) is 0 Å². The molecule has 5 heterocycles. The predicted octanol–water partition coefficient (Wildman–Crippen LogP) is 24.9. The lowest BCUT2D eigenvalue weighted by atomic mass is 9.67. The summed E-state index contributed by atoms with van der Waals surface area (Å²) in [5.74, 6) is 0.885. The highest BCUT2D eigenvalue weighted by Gasteiger charge is 2.52. The second kappa shape index (κ2) is 20.3. The Morgan fingerprint density at radius 1 is 0.240 bits per heavy atom. The highest BCUT2D eigenvalue weighted by atomic mass is 32.2. The molecule has 0 saturated carbocycles. The number of nitrogens with zero attached hydrogens (tertiary/aromatic N) is 3. The normalized spacial score (nSPS) is 14.1. The maximum absolute atomic E-state index is 5.72. The number of para-hydroxylation sites is 1. The molecule has 23 rings (SSSR count). The van der Waals surface area contributed by atoms with E-state index in [1.54, 1.807) is 0 Å². The Morgan fingerprint density at radius 2 is 0.700 bits per heavy atom. The van der Waals surface area contributed by atoms with E-state index in [4.69, 9.17) is 4.98 Å². The first-order valence-corrected chi connectivity index (χ1v) is 36.2. The van der Waals surface area contributed by atoms with Crippen LogP contribution >= 0.6 is 23.5 Å². The number of hydrogen-bond acceptors (Lipinski definition) is 3. The number of hydrogen-bond donors (Lipinski definition) is 0. The molecule has 19 aromatic rings. The van der Waals surface area contributed by atoms with Crippen LogP contribution in [0.25, 0.3) is 143 Å². The van der Waals surface area contributed by atoms with Crippen molar-refractivity contribution in [3.63, 3.8) is 0 Å². The third-order valence-electron chi connectivity index (χ3n) is 22.8. The van der Waals surface area contributed by atoms with Gasteiger partial charge in [-0.2, -0.15) is 0 Å². The van der Waals surface area contributed by atoms with E-state index in [0.717, 1.165) is 44.6 Å². The van der Waals surface area contributed by atoms with Gasteiger partial charge in [0.25, 0.3) is 0 Å². The Morgan fingerprint density at radius 3 is 1.34 bits per heavy atom. The van der Waals surface area contributed by atoms with Gasteiger partial charge in [0, 0.05) is 63.0 Å². The summed E-state index contributed by atoms with van der Waals surface area (Å²) >= 11 is 3.82. The molecule has 0 bridgehead atoms. The van der Waals surface area contributed by atoms with Gasteiger partial charge in [0.1, 0.15) is 5.82 Å². The van der Waals surface area contributed by atoms with E-state index in [1.165, 1.54) is 162 Å². The van der Waals surface area contributed by atoms with Crippen LogP contribution in [0.1, 0.15) is 44.5 Å². The van der Waals surface area contributed by atoms with Crippen LogP contribution < -0.4 is 0 Å². The summed E-state index contributed by atoms with van der Waals surface area (Å²) in [6.45, 7) is 0. The summed E-state index contributed by atoms with van der Waals surface area (Å²) in [5.41, 5.74) is 26.2. The fourth-order valence-corrected chi connectivity index (χ4v) is 21.2. The average Bonchev–Trinajstić information content (AvgIpc) is 1.50. The van der Waals surface area contributed by atoms with Gasteiger partial charge in [-0.05, 0) is 183 Å². The molecule has 3 aromatic heterocycles. The molecular weight excluding hydrogens is 1250 g/mol. The van der Waals surface area contributed by atoms with Crippen LogP contribution in [-0.2, 0) is 10.8 Å². The van der Waals surface area contributed by atoms with Crippen molar-refractivity contribution in [3.05, 3.63) is 378 Å². The van der Waals surface area contributed by atoms with E-state index < -0.39 is 10.8 Å². The van der Waals surface area contributed by atoms with Gasteiger partial charge in [0.05, 0.1) is 38.4 Å². The topological polar surface area (TPSA) is 22.8 Å². The van der Waals surface area contributed by atoms with Crippen LogP contribution in [0.5, 0.6) is 0 Å². The van der Waals surface area contributed by atoms with Crippen LogP contribution in [0.15, 0.2) is 353 Å². The quantitative estimate of drug-likeness (QED) is 0.175. The van der Waals surface area contributed by atoms with Gasteiger partial charge in [-0.1, -0.05) is 284 Å². The van der Waals surface area contributed by atoms with E-state index in [0.29, 0.717) is 0 Å². The molecule has 462 valence electrons. The Labute approximate surface area is 584 Å². The molecule has 16 aromatic carbocycles. The van der Waals surface area contributed by atoms with Crippen molar-refractivity contribution in [3.8, 4) is 56.0 Å². The number of benzene rings is 16. The third kappa shape index (κ3) is 7.19. The minimum Gasteiger partial charge on any atom is -0.309 e. The minimum absolute atomic E-state index is 0.508. The fourth-order valence-electron chi connectivity index (χ4n) is 18.8. The molecule has 0 amide bonds. The first kappa shape index (κ1) is 55.1. The molecule has 2 aliphatic carbocycles. The van der Waals surface area contributed by atoms with Crippen molar-refractivity contribution >= 4 is 110 Å². The summed E-state index contributed by atoms with van der Waals surface area (Å²) in [5, 5.41) is 13.2. The second-order valence-corrected chi connectivity index (χ2v) is 29.7. The maximum atomic E-state index is 5.72. The van der Waals surface area contributed by atoms with E-state index in [9.17, 15) is 0 Å². The number of rotatable bonds is 4. The van der Waals surface area contributed by atoms with Gasteiger partial charge >= 0.3 is 0 Å². The van der Waals surface area contributed by atoms with Crippen molar-refractivity contribution in [1.29, 1.82) is 0 Å². The van der Waals surface area contributed by atoms with E-state index in [-0.39, 0.29) is 0 Å². The molecule has 4 aliphatic rings. The van der Waals surface area contributed by atoms with Gasteiger partial charge in [0.15, 0.2) is 0 Å². The first-order valence-electron chi connectivity index (χ1n) is 34.6. The van der Waals surface area contributed by atoms with Crippen LogP contribution in [0.4, 0.5) is 0 Å². The molecule has 0 unspecified atom stereocenters. The largest absolute Gasteiger partial charge is 0.309 e. The van der Waals surface area contributed by atoms with Gasteiger partial charge in [-0.15, -0.1) is 0 Å². The van der Waals surface area contributed by atoms with Crippen molar-refractivity contribution < 1.29 is 0 Å². The molecule has 0 atom stereocenters. The second-order valence-electron chi connectivity index (χ2n) is 27.5. The van der Waals surface area contributed by atoms with E-state index >= 15 is 0 Å². The Hall–Kier alpha value is -12.0. The highest BCUT2D eigenvalue weighted by molar-refractivity contribution is 7.99. The lowest BCUT2D eigenvalue weighted by molar-refractivity contribution is 0.724. The lowest BCUT2D eigenvalue weighted by Gasteiger charge is -2.39. The number of aromatic nitrogens is 3. The molecular formula is C95H55N3S2. The monoisotopic (exact) mass is 1300 g/mol. The summed E-state index contributed by atoms with van der Waals surface area (Å²) in [6, 6.07) is 126. The molecule has 2 spiro atoms. The molecule has 0 N–H and O–H groups in total. The first-order chi connectivity index (χ1) is 49.6.